The van der Waals surface area contributed by atoms with E-state index >= 15 is 0 Å². The van der Waals surface area contributed by atoms with Crippen LogP contribution in [0.3, 0.4) is 0 Å². The highest BCUT2D eigenvalue weighted by molar-refractivity contribution is 7.09. The number of nitrogens with zero attached hydrogens (tertiary/aromatic N) is 3. The van der Waals surface area contributed by atoms with Gasteiger partial charge in [-0.25, -0.2) is 9.97 Å². The Hall–Kier alpha value is -2.22. The average Bonchev–Trinajstić information content (AvgIpc) is 2.81. The zero-order chi connectivity index (χ0) is 13.1. The molecule has 3 N–H and O–H groups in total. The molecule has 0 aliphatic heterocycles. The fourth-order valence-electron chi connectivity index (χ4n) is 1.44. The number of hydrogen-bond donors (Lipinski definition) is 2. The summed E-state index contributed by atoms with van der Waals surface area (Å²) in [5, 5.41) is 16.5. The molecule has 7 nitrogen and oxygen atoms in total. The Morgan fingerprint density at radius 1 is 1.56 bits per heavy atom. The van der Waals surface area contributed by atoms with E-state index in [1.807, 2.05) is 12.3 Å². The summed E-state index contributed by atoms with van der Waals surface area (Å²) in [5.41, 5.74) is 5.43. The first-order valence-electron chi connectivity index (χ1n) is 5.14. The van der Waals surface area contributed by atoms with E-state index in [9.17, 15) is 10.1 Å². The predicted octanol–water partition coefficient (Wildman–Crippen LogP) is 2.20. The van der Waals surface area contributed by atoms with Gasteiger partial charge in [-0.05, 0) is 13.0 Å². The standard InChI is InChI=1S/C10H11N5O2S/c1-6(10-12-4-5-18-10)13-9-7(15(16)17)2-3-8(11)14-9/h2-6H,1H3,(H3,11,13,14). The van der Waals surface area contributed by atoms with Gasteiger partial charge in [0.2, 0.25) is 5.82 Å². The van der Waals surface area contributed by atoms with Gasteiger partial charge in [-0.1, -0.05) is 0 Å². The summed E-state index contributed by atoms with van der Waals surface area (Å²) in [6.45, 7) is 1.85. The van der Waals surface area contributed by atoms with E-state index in [0.29, 0.717) is 0 Å². The Morgan fingerprint density at radius 2 is 2.33 bits per heavy atom. The topological polar surface area (TPSA) is 107 Å². The van der Waals surface area contributed by atoms with Crippen LogP contribution in [0.2, 0.25) is 0 Å². The summed E-state index contributed by atoms with van der Waals surface area (Å²) in [7, 11) is 0. The number of pyridine rings is 1. The molecule has 0 saturated carbocycles. The number of nitrogens with one attached hydrogen (secondary N) is 1. The van der Waals surface area contributed by atoms with Gasteiger partial charge in [0.25, 0.3) is 0 Å². The summed E-state index contributed by atoms with van der Waals surface area (Å²) in [6.07, 6.45) is 1.68. The average molecular weight is 265 g/mol. The van der Waals surface area contributed by atoms with E-state index in [4.69, 9.17) is 5.73 Å². The van der Waals surface area contributed by atoms with Gasteiger partial charge in [-0.3, -0.25) is 10.1 Å². The van der Waals surface area contributed by atoms with Gasteiger partial charge in [-0.15, -0.1) is 11.3 Å². The number of aromatic nitrogens is 2. The molecule has 2 aromatic rings. The molecule has 0 fully saturated rings. The molecule has 0 saturated heterocycles. The fourth-order valence-corrected chi connectivity index (χ4v) is 2.08. The number of rotatable bonds is 4. The second-order valence-corrected chi connectivity index (χ2v) is 4.52. The predicted molar refractivity (Wildman–Crippen MR) is 69.5 cm³/mol. The Morgan fingerprint density at radius 3 is 2.94 bits per heavy atom. The van der Waals surface area contributed by atoms with E-state index in [-0.39, 0.29) is 23.4 Å². The maximum absolute atomic E-state index is 10.9. The molecule has 0 aliphatic carbocycles. The van der Waals surface area contributed by atoms with Crippen LogP contribution in [0, 0.1) is 10.1 Å². The molecule has 2 aromatic heterocycles. The Bertz CT molecular complexity index is 557. The molecule has 1 atom stereocenters. The Labute approximate surface area is 107 Å². The molecule has 0 spiro atoms. The molecule has 94 valence electrons. The molecule has 0 radical (unpaired) electrons. The smallest absolute Gasteiger partial charge is 0.311 e. The second kappa shape index (κ2) is 4.96. The van der Waals surface area contributed by atoms with Crippen molar-refractivity contribution in [2.75, 3.05) is 11.1 Å². The van der Waals surface area contributed by atoms with Crippen LogP contribution in [0.4, 0.5) is 17.3 Å². The number of nitro groups is 1. The third kappa shape index (κ3) is 2.54. The Balaban J connectivity index is 2.28. The number of anilines is 2. The SMILES string of the molecule is CC(Nc1nc(N)ccc1[N+](=O)[O-])c1nccs1. The van der Waals surface area contributed by atoms with Crippen molar-refractivity contribution in [2.45, 2.75) is 13.0 Å². The fraction of sp³-hybridized carbons (Fsp3) is 0.200. The quantitative estimate of drug-likeness (QED) is 0.648. The molecular weight excluding hydrogens is 254 g/mol. The molecule has 2 heterocycles. The summed E-state index contributed by atoms with van der Waals surface area (Å²) in [5.74, 6) is 0.386. The van der Waals surface area contributed by atoms with Crippen molar-refractivity contribution < 1.29 is 4.92 Å². The third-order valence-electron chi connectivity index (χ3n) is 2.27. The molecule has 0 amide bonds. The minimum atomic E-state index is -0.497. The number of nitrogens with two attached hydrogens (primary N) is 1. The first-order chi connectivity index (χ1) is 8.58. The molecule has 0 aromatic carbocycles. The van der Waals surface area contributed by atoms with Crippen molar-refractivity contribution >= 4 is 28.7 Å². The summed E-state index contributed by atoms with van der Waals surface area (Å²) in [6, 6.07) is 2.56. The molecule has 2 rings (SSSR count). The Kier molecular flexibility index (Phi) is 3.38. The first kappa shape index (κ1) is 12.2. The lowest BCUT2D eigenvalue weighted by Crippen LogP contribution is -2.10. The van der Waals surface area contributed by atoms with Crippen molar-refractivity contribution in [3.8, 4) is 0 Å². The van der Waals surface area contributed by atoms with E-state index in [0.717, 1.165) is 5.01 Å². The van der Waals surface area contributed by atoms with E-state index in [1.54, 1.807) is 6.20 Å². The number of nitrogen functional groups attached to an aromatic ring is 1. The summed E-state index contributed by atoms with van der Waals surface area (Å²) < 4.78 is 0. The van der Waals surface area contributed by atoms with Crippen LogP contribution in [-0.2, 0) is 0 Å². The van der Waals surface area contributed by atoms with Crippen molar-refractivity contribution in [3.63, 3.8) is 0 Å². The van der Waals surface area contributed by atoms with Gasteiger partial charge in [0.05, 0.1) is 11.0 Å². The van der Waals surface area contributed by atoms with Crippen LogP contribution in [0.1, 0.15) is 18.0 Å². The van der Waals surface area contributed by atoms with E-state index in [1.165, 1.54) is 23.5 Å². The highest BCUT2D eigenvalue weighted by Gasteiger charge is 2.18. The monoisotopic (exact) mass is 265 g/mol. The normalized spacial score (nSPS) is 12.1. The highest BCUT2D eigenvalue weighted by Crippen LogP contribution is 2.27. The van der Waals surface area contributed by atoms with Crippen molar-refractivity contribution in [2.24, 2.45) is 0 Å². The summed E-state index contributed by atoms with van der Waals surface area (Å²) >= 11 is 1.47. The maximum atomic E-state index is 10.9. The molecule has 0 bridgehead atoms. The van der Waals surface area contributed by atoms with Crippen molar-refractivity contribution in [1.29, 1.82) is 0 Å². The first-order valence-corrected chi connectivity index (χ1v) is 6.02. The molecule has 0 aliphatic rings. The van der Waals surface area contributed by atoms with Gasteiger partial charge in [0, 0.05) is 17.6 Å². The third-order valence-corrected chi connectivity index (χ3v) is 3.23. The zero-order valence-corrected chi connectivity index (χ0v) is 10.3. The number of hydrogen-bond acceptors (Lipinski definition) is 7. The van der Waals surface area contributed by atoms with Crippen LogP contribution < -0.4 is 11.1 Å². The minimum absolute atomic E-state index is 0.104. The van der Waals surface area contributed by atoms with Gasteiger partial charge in [0.1, 0.15) is 10.8 Å². The van der Waals surface area contributed by atoms with Crippen molar-refractivity contribution in [1.82, 2.24) is 9.97 Å². The van der Waals surface area contributed by atoms with Gasteiger partial charge >= 0.3 is 5.69 Å². The minimum Gasteiger partial charge on any atom is -0.384 e. The van der Waals surface area contributed by atoms with Crippen LogP contribution in [0.25, 0.3) is 0 Å². The molecule has 18 heavy (non-hydrogen) atoms. The second-order valence-electron chi connectivity index (χ2n) is 3.60. The van der Waals surface area contributed by atoms with Gasteiger partial charge in [0.15, 0.2) is 0 Å². The molecule has 1 unspecified atom stereocenters. The number of thiazole rings is 1. The van der Waals surface area contributed by atoms with Gasteiger partial charge < -0.3 is 11.1 Å². The van der Waals surface area contributed by atoms with Crippen LogP contribution >= 0.6 is 11.3 Å². The van der Waals surface area contributed by atoms with E-state index < -0.39 is 4.92 Å². The van der Waals surface area contributed by atoms with Crippen LogP contribution in [0.15, 0.2) is 23.7 Å². The zero-order valence-electron chi connectivity index (χ0n) is 9.53. The lowest BCUT2D eigenvalue weighted by atomic mass is 10.3. The lowest BCUT2D eigenvalue weighted by molar-refractivity contribution is -0.384. The van der Waals surface area contributed by atoms with Crippen LogP contribution in [-0.4, -0.2) is 14.9 Å². The lowest BCUT2D eigenvalue weighted by Gasteiger charge is -2.12. The maximum Gasteiger partial charge on any atom is 0.311 e. The molecular formula is C10H11N5O2S. The molecule has 8 heteroatoms. The van der Waals surface area contributed by atoms with Gasteiger partial charge in [-0.2, -0.15) is 0 Å². The highest BCUT2D eigenvalue weighted by atomic mass is 32.1. The largest absolute Gasteiger partial charge is 0.384 e. The van der Waals surface area contributed by atoms with E-state index in [2.05, 4.69) is 15.3 Å². The van der Waals surface area contributed by atoms with Crippen LogP contribution in [0.5, 0.6) is 0 Å². The van der Waals surface area contributed by atoms with Crippen molar-refractivity contribution in [3.05, 3.63) is 38.8 Å². The summed E-state index contributed by atoms with van der Waals surface area (Å²) in [4.78, 5) is 18.5.